The van der Waals surface area contributed by atoms with E-state index in [9.17, 15) is 4.39 Å². The maximum atomic E-state index is 12.4. The summed E-state index contributed by atoms with van der Waals surface area (Å²) in [5.74, 6) is 0.696. The van der Waals surface area contributed by atoms with Crippen molar-refractivity contribution in [2.75, 3.05) is 26.3 Å². The second-order valence-corrected chi connectivity index (χ2v) is 9.62. The zero-order valence-electron chi connectivity index (χ0n) is 19.6. The number of hydrogen-bond acceptors (Lipinski definition) is 2. The molecule has 0 N–H and O–H groups in total. The SMILES string of the molecule is Cc1ccncc1C1=C(c2ccc(CC3CN(CCCF)C3)cc2)c2ccccc2CCC1. The van der Waals surface area contributed by atoms with Crippen LogP contribution in [-0.2, 0) is 12.8 Å². The fourth-order valence-corrected chi connectivity index (χ4v) is 5.52. The van der Waals surface area contributed by atoms with Crippen molar-refractivity contribution < 1.29 is 4.39 Å². The van der Waals surface area contributed by atoms with Crippen LogP contribution in [-0.4, -0.2) is 36.2 Å². The predicted octanol–water partition coefficient (Wildman–Crippen LogP) is 6.52. The van der Waals surface area contributed by atoms with Crippen LogP contribution >= 0.6 is 0 Å². The highest BCUT2D eigenvalue weighted by atomic mass is 19.1. The molecule has 3 aromatic rings. The number of likely N-dealkylation sites (tertiary alicyclic amines) is 1. The topological polar surface area (TPSA) is 16.1 Å². The molecule has 0 spiro atoms. The lowest BCUT2D eigenvalue weighted by molar-refractivity contribution is 0.0968. The molecule has 2 heterocycles. The molecule has 2 nitrogen and oxygen atoms in total. The van der Waals surface area contributed by atoms with Crippen molar-refractivity contribution in [2.45, 2.75) is 39.0 Å². The first-order valence-corrected chi connectivity index (χ1v) is 12.3. The van der Waals surface area contributed by atoms with E-state index in [1.807, 2.05) is 12.4 Å². The molecular formula is C30H33FN2. The number of hydrogen-bond donors (Lipinski definition) is 0. The third-order valence-electron chi connectivity index (χ3n) is 7.23. The van der Waals surface area contributed by atoms with Crippen molar-refractivity contribution in [1.29, 1.82) is 0 Å². The van der Waals surface area contributed by atoms with Gasteiger partial charge in [0.2, 0.25) is 0 Å². The number of pyridine rings is 1. The first-order chi connectivity index (χ1) is 16.2. The quantitative estimate of drug-likeness (QED) is 0.416. The van der Waals surface area contributed by atoms with Crippen LogP contribution in [0.5, 0.6) is 0 Å². The summed E-state index contributed by atoms with van der Waals surface area (Å²) in [6, 6.07) is 20.3. The van der Waals surface area contributed by atoms with Gasteiger partial charge < -0.3 is 4.90 Å². The van der Waals surface area contributed by atoms with E-state index in [0.29, 0.717) is 12.3 Å². The Kier molecular flexibility index (Phi) is 6.68. The zero-order valence-corrected chi connectivity index (χ0v) is 19.6. The Hall–Kier alpha value is -2.78. The van der Waals surface area contributed by atoms with E-state index in [1.54, 1.807) is 0 Å². The zero-order chi connectivity index (χ0) is 22.6. The van der Waals surface area contributed by atoms with Crippen molar-refractivity contribution in [2.24, 2.45) is 5.92 Å². The molecule has 0 bridgehead atoms. The van der Waals surface area contributed by atoms with Crippen LogP contribution < -0.4 is 0 Å². The highest BCUT2D eigenvalue weighted by Gasteiger charge is 2.26. The minimum atomic E-state index is -0.206. The fraction of sp³-hybridized carbons (Fsp3) is 0.367. The van der Waals surface area contributed by atoms with E-state index < -0.39 is 0 Å². The number of halogens is 1. The van der Waals surface area contributed by atoms with Crippen LogP contribution in [0.2, 0.25) is 0 Å². The Morgan fingerprint density at radius 2 is 1.79 bits per heavy atom. The summed E-state index contributed by atoms with van der Waals surface area (Å²) in [6.07, 6.45) is 9.03. The number of nitrogens with zero attached hydrogens (tertiary/aromatic N) is 2. The molecule has 1 aliphatic heterocycles. The summed E-state index contributed by atoms with van der Waals surface area (Å²) >= 11 is 0. The standard InChI is InChI=1S/C30H33FN2/c1-22-14-16-32-19-29(22)28-9-4-7-25-6-2-3-8-27(25)30(28)26-12-10-23(11-13-26)18-24-20-33(21-24)17-5-15-31/h2-3,6,8,10-14,16,19,24H,4-5,7,9,15,17-18,20-21H2,1H3. The largest absolute Gasteiger partial charge is 0.303 e. The van der Waals surface area contributed by atoms with Crippen molar-refractivity contribution in [3.63, 3.8) is 0 Å². The van der Waals surface area contributed by atoms with Gasteiger partial charge in [-0.25, -0.2) is 0 Å². The van der Waals surface area contributed by atoms with Gasteiger partial charge in [0.25, 0.3) is 0 Å². The van der Waals surface area contributed by atoms with Gasteiger partial charge in [0.05, 0.1) is 6.67 Å². The number of fused-ring (bicyclic) bond motifs is 1. The van der Waals surface area contributed by atoms with Gasteiger partial charge in [0, 0.05) is 32.0 Å². The Labute approximate surface area is 197 Å². The van der Waals surface area contributed by atoms with Gasteiger partial charge in [-0.3, -0.25) is 9.37 Å². The van der Waals surface area contributed by atoms with Crippen molar-refractivity contribution in [3.8, 4) is 0 Å². The molecule has 0 radical (unpaired) electrons. The Morgan fingerprint density at radius 1 is 0.970 bits per heavy atom. The molecule has 5 rings (SSSR count). The van der Waals surface area contributed by atoms with Crippen molar-refractivity contribution in [1.82, 2.24) is 9.88 Å². The number of allylic oxidation sites excluding steroid dienone is 1. The number of benzene rings is 2. The normalized spacial score (nSPS) is 16.9. The molecule has 2 aliphatic rings. The predicted molar refractivity (Wildman–Crippen MR) is 135 cm³/mol. The number of rotatable bonds is 7. The lowest BCUT2D eigenvalue weighted by Crippen LogP contribution is -2.47. The maximum Gasteiger partial charge on any atom is 0.0906 e. The third-order valence-corrected chi connectivity index (χ3v) is 7.23. The van der Waals surface area contributed by atoms with E-state index in [2.05, 4.69) is 71.4 Å². The molecule has 2 aromatic carbocycles. The van der Waals surface area contributed by atoms with Gasteiger partial charge in [-0.2, -0.15) is 0 Å². The molecule has 1 aliphatic carbocycles. The Balaban J connectivity index is 1.45. The van der Waals surface area contributed by atoms with Crippen LogP contribution in [0.1, 0.15) is 52.6 Å². The van der Waals surface area contributed by atoms with E-state index in [0.717, 1.165) is 45.3 Å². The smallest absolute Gasteiger partial charge is 0.0906 e. The van der Waals surface area contributed by atoms with Crippen LogP contribution in [0.4, 0.5) is 4.39 Å². The number of aromatic nitrogens is 1. The lowest BCUT2D eigenvalue weighted by Gasteiger charge is -2.39. The van der Waals surface area contributed by atoms with Crippen LogP contribution in [0.25, 0.3) is 11.1 Å². The van der Waals surface area contributed by atoms with Crippen molar-refractivity contribution in [3.05, 3.63) is 100 Å². The van der Waals surface area contributed by atoms with Crippen LogP contribution in [0.3, 0.4) is 0 Å². The summed E-state index contributed by atoms with van der Waals surface area (Å²) in [4.78, 5) is 6.83. The minimum absolute atomic E-state index is 0.206. The van der Waals surface area contributed by atoms with E-state index in [-0.39, 0.29) is 6.67 Å². The highest BCUT2D eigenvalue weighted by molar-refractivity contribution is 6.00. The van der Waals surface area contributed by atoms with E-state index >= 15 is 0 Å². The molecule has 0 atom stereocenters. The lowest BCUT2D eigenvalue weighted by atomic mass is 9.86. The average Bonchev–Trinajstić information content (AvgIpc) is 3.01. The van der Waals surface area contributed by atoms with Crippen LogP contribution in [0, 0.1) is 12.8 Å². The molecule has 0 amide bonds. The summed E-state index contributed by atoms with van der Waals surface area (Å²) < 4.78 is 12.4. The van der Waals surface area contributed by atoms with Crippen molar-refractivity contribution >= 4 is 11.1 Å². The third kappa shape index (κ3) is 4.79. The first kappa shape index (κ1) is 22.0. The molecule has 33 heavy (non-hydrogen) atoms. The van der Waals surface area contributed by atoms with Gasteiger partial charge in [-0.05, 0) is 95.5 Å². The van der Waals surface area contributed by atoms with E-state index in [1.165, 1.54) is 44.5 Å². The summed E-state index contributed by atoms with van der Waals surface area (Å²) in [7, 11) is 0. The summed E-state index contributed by atoms with van der Waals surface area (Å²) in [5, 5.41) is 0. The molecule has 1 aromatic heterocycles. The molecule has 1 saturated heterocycles. The van der Waals surface area contributed by atoms with Crippen LogP contribution in [0.15, 0.2) is 67.0 Å². The van der Waals surface area contributed by atoms with Gasteiger partial charge in [0.15, 0.2) is 0 Å². The highest BCUT2D eigenvalue weighted by Crippen LogP contribution is 2.40. The fourth-order valence-electron chi connectivity index (χ4n) is 5.52. The number of alkyl halides is 1. The number of aryl methyl sites for hydroxylation is 2. The molecule has 1 fully saturated rings. The Morgan fingerprint density at radius 3 is 2.58 bits per heavy atom. The minimum Gasteiger partial charge on any atom is -0.303 e. The molecule has 3 heteroatoms. The molecule has 170 valence electrons. The monoisotopic (exact) mass is 440 g/mol. The van der Waals surface area contributed by atoms with Gasteiger partial charge in [-0.1, -0.05) is 48.5 Å². The summed E-state index contributed by atoms with van der Waals surface area (Å²) in [6.45, 7) is 5.09. The molecular weight excluding hydrogens is 407 g/mol. The first-order valence-electron chi connectivity index (χ1n) is 12.3. The molecule has 0 saturated carbocycles. The Bertz CT molecular complexity index is 1130. The average molecular weight is 441 g/mol. The second kappa shape index (κ2) is 10.0. The molecule has 0 unspecified atom stereocenters. The van der Waals surface area contributed by atoms with Gasteiger partial charge in [0.1, 0.15) is 0 Å². The van der Waals surface area contributed by atoms with Gasteiger partial charge >= 0.3 is 0 Å². The van der Waals surface area contributed by atoms with E-state index in [4.69, 9.17) is 0 Å². The maximum absolute atomic E-state index is 12.4. The summed E-state index contributed by atoms with van der Waals surface area (Å²) in [5.41, 5.74) is 10.8. The second-order valence-electron chi connectivity index (χ2n) is 9.62. The van der Waals surface area contributed by atoms with Gasteiger partial charge in [-0.15, -0.1) is 0 Å².